The Morgan fingerprint density at radius 1 is 1.00 bits per heavy atom. The zero-order chi connectivity index (χ0) is 14.4. The fraction of sp³-hybridized carbons (Fsp3) is 0.786. The third-order valence-electron chi connectivity index (χ3n) is 3.31. The van der Waals surface area contributed by atoms with Gasteiger partial charge in [0.25, 0.3) is 0 Å². The fourth-order valence-electron chi connectivity index (χ4n) is 2.31. The molecule has 0 unspecified atom stereocenters. The van der Waals surface area contributed by atoms with E-state index in [1.54, 1.807) is 0 Å². The number of hydrogen-bond acceptors (Lipinski definition) is 6. The van der Waals surface area contributed by atoms with Crippen LogP contribution in [0.1, 0.15) is 46.0 Å². The summed E-state index contributed by atoms with van der Waals surface area (Å²) in [5.74, 6) is 1.29. The molecule has 0 spiro atoms. The van der Waals surface area contributed by atoms with Crippen LogP contribution in [-0.4, -0.2) is 41.2 Å². The summed E-state index contributed by atoms with van der Waals surface area (Å²) < 4.78 is 5.62. The zero-order valence-electron chi connectivity index (χ0n) is 12.7. The lowest BCUT2D eigenvalue weighted by Gasteiger charge is -2.25. The summed E-state index contributed by atoms with van der Waals surface area (Å²) in [6.07, 6.45) is 6.37. The van der Waals surface area contributed by atoms with Gasteiger partial charge in [-0.05, 0) is 26.7 Å². The van der Waals surface area contributed by atoms with Gasteiger partial charge >= 0.3 is 6.01 Å². The normalized spacial score (nSPS) is 16.7. The summed E-state index contributed by atoms with van der Waals surface area (Å²) in [5, 5.41) is 2.98. The minimum atomic E-state index is 0.0577. The molecule has 1 saturated heterocycles. The van der Waals surface area contributed by atoms with Crippen LogP contribution in [0.5, 0.6) is 6.01 Å². The fourth-order valence-corrected chi connectivity index (χ4v) is 2.31. The number of aromatic nitrogens is 3. The van der Waals surface area contributed by atoms with E-state index in [9.17, 15) is 0 Å². The maximum Gasteiger partial charge on any atom is 0.323 e. The van der Waals surface area contributed by atoms with Crippen molar-refractivity contribution in [2.24, 2.45) is 0 Å². The molecule has 6 nitrogen and oxygen atoms in total. The number of ether oxygens (including phenoxy) is 1. The van der Waals surface area contributed by atoms with Crippen molar-refractivity contribution in [3.05, 3.63) is 0 Å². The van der Waals surface area contributed by atoms with Gasteiger partial charge < -0.3 is 15.0 Å². The van der Waals surface area contributed by atoms with E-state index in [2.05, 4.69) is 25.2 Å². The average molecular weight is 279 g/mol. The standard InChI is InChI=1S/C14H25N5O/c1-11(2)20-14-17-12(15-3)16-13(18-14)19-9-7-5-4-6-8-10-19/h11H,4-10H2,1-3H3,(H,15,16,17,18). The molecule has 1 aromatic rings. The van der Waals surface area contributed by atoms with Gasteiger partial charge in [-0.1, -0.05) is 19.3 Å². The number of nitrogens with one attached hydrogen (secondary N) is 1. The van der Waals surface area contributed by atoms with Gasteiger partial charge in [-0.2, -0.15) is 15.0 Å². The lowest BCUT2D eigenvalue weighted by atomic mass is 10.1. The van der Waals surface area contributed by atoms with Crippen molar-refractivity contribution < 1.29 is 4.74 Å². The Labute approximate surface area is 121 Å². The Bertz CT molecular complexity index is 416. The van der Waals surface area contributed by atoms with Gasteiger partial charge in [0.05, 0.1) is 6.10 Å². The molecular formula is C14H25N5O. The van der Waals surface area contributed by atoms with E-state index in [0.29, 0.717) is 12.0 Å². The lowest BCUT2D eigenvalue weighted by molar-refractivity contribution is 0.222. The molecule has 1 N–H and O–H groups in total. The molecule has 2 rings (SSSR count). The Balaban J connectivity index is 2.19. The van der Waals surface area contributed by atoms with E-state index < -0.39 is 0 Å². The predicted octanol–water partition coefficient (Wildman–Crippen LogP) is 2.47. The highest BCUT2D eigenvalue weighted by Gasteiger charge is 2.15. The molecule has 0 radical (unpaired) electrons. The van der Waals surface area contributed by atoms with Gasteiger partial charge in [0.2, 0.25) is 11.9 Å². The Hall–Kier alpha value is -1.59. The largest absolute Gasteiger partial charge is 0.461 e. The quantitative estimate of drug-likeness (QED) is 0.913. The molecule has 0 aromatic carbocycles. The van der Waals surface area contributed by atoms with Gasteiger partial charge in [-0.25, -0.2) is 0 Å². The topological polar surface area (TPSA) is 63.2 Å². The smallest absolute Gasteiger partial charge is 0.323 e. The predicted molar refractivity (Wildman–Crippen MR) is 80.4 cm³/mol. The second-order valence-electron chi connectivity index (χ2n) is 5.41. The zero-order valence-corrected chi connectivity index (χ0v) is 12.7. The van der Waals surface area contributed by atoms with Crippen LogP contribution < -0.4 is 15.0 Å². The molecule has 1 aliphatic rings. The van der Waals surface area contributed by atoms with E-state index in [4.69, 9.17) is 4.74 Å². The highest BCUT2D eigenvalue weighted by molar-refractivity contribution is 5.38. The first-order valence-corrected chi connectivity index (χ1v) is 7.54. The Morgan fingerprint density at radius 2 is 1.65 bits per heavy atom. The average Bonchev–Trinajstić information content (AvgIpc) is 2.37. The number of rotatable bonds is 4. The Kier molecular flexibility index (Phi) is 5.38. The third kappa shape index (κ3) is 4.21. The SMILES string of the molecule is CNc1nc(OC(C)C)nc(N2CCCCCCC2)n1. The first-order chi connectivity index (χ1) is 9.69. The molecule has 6 heteroatoms. The highest BCUT2D eigenvalue weighted by atomic mass is 16.5. The monoisotopic (exact) mass is 279 g/mol. The third-order valence-corrected chi connectivity index (χ3v) is 3.31. The molecule has 1 aromatic heterocycles. The van der Waals surface area contributed by atoms with Crippen molar-refractivity contribution in [2.75, 3.05) is 30.4 Å². The highest BCUT2D eigenvalue weighted by Crippen LogP contribution is 2.19. The van der Waals surface area contributed by atoms with Crippen LogP contribution in [0.2, 0.25) is 0 Å². The summed E-state index contributed by atoms with van der Waals surface area (Å²) in [6, 6.07) is 0.399. The summed E-state index contributed by atoms with van der Waals surface area (Å²) in [4.78, 5) is 15.4. The molecule has 1 fully saturated rings. The van der Waals surface area contributed by atoms with Crippen LogP contribution in [0.15, 0.2) is 0 Å². The van der Waals surface area contributed by atoms with Crippen molar-refractivity contribution in [1.82, 2.24) is 15.0 Å². The van der Waals surface area contributed by atoms with Gasteiger partial charge in [0, 0.05) is 20.1 Å². The number of nitrogens with zero attached hydrogens (tertiary/aromatic N) is 4. The van der Waals surface area contributed by atoms with Crippen LogP contribution in [0.25, 0.3) is 0 Å². The first-order valence-electron chi connectivity index (χ1n) is 7.54. The molecule has 112 valence electrons. The van der Waals surface area contributed by atoms with Crippen LogP contribution in [-0.2, 0) is 0 Å². The van der Waals surface area contributed by atoms with Gasteiger partial charge in [-0.15, -0.1) is 0 Å². The van der Waals surface area contributed by atoms with Crippen LogP contribution >= 0.6 is 0 Å². The summed E-state index contributed by atoms with van der Waals surface area (Å²) in [7, 11) is 1.81. The van der Waals surface area contributed by atoms with Crippen LogP contribution in [0.3, 0.4) is 0 Å². The summed E-state index contributed by atoms with van der Waals surface area (Å²) in [6.45, 7) is 5.96. The summed E-state index contributed by atoms with van der Waals surface area (Å²) >= 11 is 0. The minimum Gasteiger partial charge on any atom is -0.461 e. The van der Waals surface area contributed by atoms with Gasteiger partial charge in [0.1, 0.15) is 0 Å². The van der Waals surface area contributed by atoms with E-state index >= 15 is 0 Å². The maximum absolute atomic E-state index is 5.62. The second-order valence-corrected chi connectivity index (χ2v) is 5.41. The van der Waals surface area contributed by atoms with Gasteiger partial charge in [-0.3, -0.25) is 0 Å². The van der Waals surface area contributed by atoms with E-state index in [0.717, 1.165) is 19.0 Å². The molecule has 20 heavy (non-hydrogen) atoms. The van der Waals surface area contributed by atoms with E-state index in [1.165, 1.54) is 32.1 Å². The van der Waals surface area contributed by atoms with Crippen molar-refractivity contribution in [3.8, 4) is 6.01 Å². The van der Waals surface area contributed by atoms with Gasteiger partial charge in [0.15, 0.2) is 0 Å². The van der Waals surface area contributed by atoms with Crippen LogP contribution in [0.4, 0.5) is 11.9 Å². The van der Waals surface area contributed by atoms with Crippen LogP contribution in [0, 0.1) is 0 Å². The van der Waals surface area contributed by atoms with Crippen molar-refractivity contribution in [3.63, 3.8) is 0 Å². The molecule has 0 bridgehead atoms. The van der Waals surface area contributed by atoms with E-state index in [-0.39, 0.29) is 6.10 Å². The second kappa shape index (κ2) is 7.26. The summed E-state index contributed by atoms with van der Waals surface area (Å²) in [5.41, 5.74) is 0. The van der Waals surface area contributed by atoms with E-state index in [1.807, 2.05) is 20.9 Å². The molecule has 0 atom stereocenters. The van der Waals surface area contributed by atoms with Crippen molar-refractivity contribution in [1.29, 1.82) is 0 Å². The molecule has 0 amide bonds. The number of hydrogen-bond donors (Lipinski definition) is 1. The van der Waals surface area contributed by atoms with Crippen molar-refractivity contribution >= 4 is 11.9 Å². The molecular weight excluding hydrogens is 254 g/mol. The molecule has 1 aliphatic heterocycles. The molecule has 2 heterocycles. The first kappa shape index (κ1) is 14.8. The lowest BCUT2D eigenvalue weighted by Crippen LogP contribution is -2.29. The maximum atomic E-state index is 5.62. The minimum absolute atomic E-state index is 0.0577. The molecule has 0 saturated carbocycles. The molecule has 0 aliphatic carbocycles. The number of anilines is 2. The Morgan fingerprint density at radius 3 is 2.25 bits per heavy atom. The van der Waals surface area contributed by atoms with Crippen molar-refractivity contribution in [2.45, 2.75) is 52.1 Å².